The van der Waals surface area contributed by atoms with Gasteiger partial charge in [-0.05, 0) is 38.9 Å². The highest BCUT2D eigenvalue weighted by Crippen LogP contribution is 2.02. The Morgan fingerprint density at radius 2 is 1.19 bits per heavy atom. The van der Waals surface area contributed by atoms with Crippen LogP contribution in [-0.2, 0) is 4.79 Å². The van der Waals surface area contributed by atoms with Crippen LogP contribution in [0.5, 0.6) is 0 Å². The molecule has 0 saturated heterocycles. The van der Waals surface area contributed by atoms with E-state index in [9.17, 15) is 4.79 Å². The summed E-state index contributed by atoms with van der Waals surface area (Å²) in [7, 11) is 0. The molecule has 3 nitrogen and oxygen atoms in total. The highest BCUT2D eigenvalue weighted by Gasteiger charge is 2.00. The molecule has 0 spiro atoms. The Bertz CT molecular complexity index is 256. The summed E-state index contributed by atoms with van der Waals surface area (Å²) in [5.41, 5.74) is 1.30. The maximum absolute atomic E-state index is 10.6. The summed E-state index contributed by atoms with van der Waals surface area (Å²) in [6.07, 6.45) is 8.13. The van der Waals surface area contributed by atoms with E-state index in [1.165, 1.54) is 5.71 Å². The van der Waals surface area contributed by atoms with Gasteiger partial charge in [0, 0.05) is 24.6 Å². The highest BCUT2D eigenvalue weighted by molar-refractivity contribution is 8.01. The predicted molar refractivity (Wildman–Crippen MR) is 109 cm³/mol. The van der Waals surface area contributed by atoms with Crippen molar-refractivity contribution < 1.29 is 4.79 Å². The molecule has 0 aliphatic heterocycles. The number of hydrogen-bond acceptors (Lipinski definition) is 7. The van der Waals surface area contributed by atoms with Crippen LogP contribution in [0.2, 0.25) is 0 Å². The number of nitrogens with zero attached hydrogens (tertiary/aromatic N) is 2. The summed E-state index contributed by atoms with van der Waals surface area (Å²) in [6, 6.07) is 0. The molecule has 7 heteroatoms. The minimum atomic E-state index is 0.338. The summed E-state index contributed by atoms with van der Waals surface area (Å²) in [6.45, 7) is 6.29. The molecule has 0 rings (SSSR count). The highest BCUT2D eigenvalue weighted by atomic mass is 32.2. The summed E-state index contributed by atoms with van der Waals surface area (Å²) < 4.78 is 0. The Balaban J connectivity index is 0. The van der Waals surface area contributed by atoms with Gasteiger partial charge in [-0.3, -0.25) is 9.80 Å². The number of hydrogen-bond donors (Lipinski definition) is 0. The van der Waals surface area contributed by atoms with Crippen LogP contribution in [0.4, 0.5) is 0 Å². The first-order valence-electron chi connectivity index (χ1n) is 6.88. The zero-order valence-electron chi connectivity index (χ0n) is 14.2. The van der Waals surface area contributed by atoms with Crippen LogP contribution < -0.4 is 0 Å². The minimum absolute atomic E-state index is 0.338. The van der Waals surface area contributed by atoms with Crippen molar-refractivity contribution in [1.29, 1.82) is 0 Å². The Kier molecular flexibility index (Phi) is 21.1. The number of thioether (sulfide) groups is 4. The van der Waals surface area contributed by atoms with Crippen LogP contribution >= 0.6 is 47.0 Å². The normalized spacial score (nSPS) is 9.62. The molecule has 0 saturated carbocycles. The number of ketones is 1. The zero-order chi connectivity index (χ0) is 16.5. The average molecular weight is 371 g/mol. The molecule has 0 aliphatic rings. The van der Waals surface area contributed by atoms with Crippen LogP contribution in [-0.4, -0.2) is 77.6 Å². The van der Waals surface area contributed by atoms with E-state index in [0.29, 0.717) is 17.3 Å². The molecule has 0 bridgehead atoms. The molecular weight excluding hydrogens is 340 g/mol. The molecule has 21 heavy (non-hydrogen) atoms. The third-order valence-corrected chi connectivity index (χ3v) is 4.71. The molecule has 0 atom stereocenters. The maximum atomic E-state index is 10.6. The van der Waals surface area contributed by atoms with Gasteiger partial charge in [0.15, 0.2) is 5.78 Å². The Labute approximate surface area is 148 Å². The molecule has 0 heterocycles. The smallest absolute Gasteiger partial charge is 0.152 e. The van der Waals surface area contributed by atoms with Gasteiger partial charge in [-0.25, -0.2) is 0 Å². The third kappa shape index (κ3) is 16.7. The van der Waals surface area contributed by atoms with Gasteiger partial charge in [0.25, 0.3) is 0 Å². The SMILES string of the molecule is CCN(CC)N=C(CSC)CSC.CSCC(=O)CSC. The van der Waals surface area contributed by atoms with Crippen molar-refractivity contribution in [2.75, 3.05) is 61.1 Å². The quantitative estimate of drug-likeness (QED) is 0.407. The molecule has 126 valence electrons. The molecule has 0 aromatic heterocycles. The van der Waals surface area contributed by atoms with Crippen molar-refractivity contribution in [3.05, 3.63) is 0 Å². The van der Waals surface area contributed by atoms with Gasteiger partial charge in [-0.1, -0.05) is 0 Å². The standard InChI is InChI=1S/C9H20N2S2.C5H10OS2/c1-5-11(6-2)10-9(7-12-3)8-13-4;1-7-3-5(6)4-8-2/h5-8H2,1-4H3;3-4H2,1-2H3. The lowest BCUT2D eigenvalue weighted by Crippen LogP contribution is -2.20. The zero-order valence-corrected chi connectivity index (χ0v) is 17.4. The second kappa shape index (κ2) is 18.6. The Morgan fingerprint density at radius 1 is 0.810 bits per heavy atom. The fourth-order valence-corrected chi connectivity index (χ4v) is 3.45. The van der Waals surface area contributed by atoms with Crippen molar-refractivity contribution in [2.24, 2.45) is 5.10 Å². The molecule has 0 unspecified atom stereocenters. The van der Waals surface area contributed by atoms with Crippen molar-refractivity contribution in [2.45, 2.75) is 13.8 Å². The first-order valence-corrected chi connectivity index (χ1v) is 12.5. The lowest BCUT2D eigenvalue weighted by Gasteiger charge is -2.16. The van der Waals surface area contributed by atoms with Crippen molar-refractivity contribution in [1.82, 2.24) is 5.01 Å². The van der Waals surface area contributed by atoms with E-state index in [1.807, 2.05) is 36.0 Å². The summed E-state index contributed by atoms with van der Waals surface area (Å²) in [5.74, 6) is 3.78. The number of carbonyl (C=O) groups is 1. The van der Waals surface area contributed by atoms with Crippen LogP contribution in [0.15, 0.2) is 5.10 Å². The van der Waals surface area contributed by atoms with E-state index < -0.39 is 0 Å². The van der Waals surface area contributed by atoms with E-state index >= 15 is 0 Å². The van der Waals surface area contributed by atoms with Gasteiger partial charge in [-0.2, -0.15) is 52.1 Å². The molecule has 0 amide bonds. The Hall–Kier alpha value is 0.540. The molecule has 0 aromatic rings. The largest absolute Gasteiger partial charge is 0.298 e. The maximum Gasteiger partial charge on any atom is 0.152 e. The monoisotopic (exact) mass is 370 g/mol. The first kappa shape index (κ1) is 23.8. The van der Waals surface area contributed by atoms with Crippen LogP contribution in [0.3, 0.4) is 0 Å². The van der Waals surface area contributed by atoms with Crippen LogP contribution in [0.25, 0.3) is 0 Å². The Morgan fingerprint density at radius 3 is 1.48 bits per heavy atom. The van der Waals surface area contributed by atoms with E-state index in [1.54, 1.807) is 23.5 Å². The molecule has 0 aromatic carbocycles. The van der Waals surface area contributed by atoms with Crippen molar-refractivity contribution in [3.8, 4) is 0 Å². The number of Topliss-reactive ketones (excluding diaryl/α,β-unsaturated/α-hetero) is 1. The number of hydrazone groups is 1. The average Bonchev–Trinajstić information content (AvgIpc) is 2.46. The topological polar surface area (TPSA) is 32.7 Å². The second-order valence-electron chi connectivity index (χ2n) is 4.08. The molecule has 0 aliphatic carbocycles. The van der Waals surface area contributed by atoms with Crippen molar-refractivity contribution in [3.63, 3.8) is 0 Å². The lowest BCUT2D eigenvalue weighted by atomic mass is 10.5. The fraction of sp³-hybridized carbons (Fsp3) is 0.857. The van der Waals surface area contributed by atoms with E-state index in [2.05, 4.69) is 36.5 Å². The lowest BCUT2D eigenvalue weighted by molar-refractivity contribution is -0.114. The molecular formula is C14H30N2OS4. The van der Waals surface area contributed by atoms with Gasteiger partial charge in [0.1, 0.15) is 0 Å². The van der Waals surface area contributed by atoms with Crippen molar-refractivity contribution >= 4 is 58.5 Å². The first-order chi connectivity index (χ1) is 10.1. The van der Waals surface area contributed by atoms with Gasteiger partial charge in [0.2, 0.25) is 0 Å². The predicted octanol–water partition coefficient (Wildman–Crippen LogP) is 3.69. The summed E-state index contributed by atoms with van der Waals surface area (Å²) in [5, 5.41) is 6.71. The van der Waals surface area contributed by atoms with E-state index in [-0.39, 0.29) is 0 Å². The number of carbonyl (C=O) groups excluding carboxylic acids is 1. The van der Waals surface area contributed by atoms with Gasteiger partial charge in [-0.15, -0.1) is 0 Å². The molecule has 0 fully saturated rings. The van der Waals surface area contributed by atoms with Gasteiger partial charge in [0.05, 0.1) is 17.2 Å². The third-order valence-electron chi connectivity index (χ3n) is 2.25. The number of rotatable bonds is 11. The van der Waals surface area contributed by atoms with E-state index in [0.717, 1.165) is 24.6 Å². The molecule has 0 radical (unpaired) electrons. The van der Waals surface area contributed by atoms with Gasteiger partial charge >= 0.3 is 0 Å². The van der Waals surface area contributed by atoms with E-state index in [4.69, 9.17) is 0 Å². The second-order valence-corrected chi connectivity index (χ2v) is 7.54. The van der Waals surface area contributed by atoms with Crippen LogP contribution in [0, 0.1) is 0 Å². The molecule has 0 N–H and O–H groups in total. The fourth-order valence-electron chi connectivity index (χ4n) is 1.36. The van der Waals surface area contributed by atoms with Gasteiger partial charge < -0.3 is 0 Å². The summed E-state index contributed by atoms with van der Waals surface area (Å²) in [4.78, 5) is 10.6. The van der Waals surface area contributed by atoms with Crippen LogP contribution in [0.1, 0.15) is 13.8 Å². The minimum Gasteiger partial charge on any atom is -0.298 e. The summed E-state index contributed by atoms with van der Waals surface area (Å²) >= 11 is 6.86.